The predicted molar refractivity (Wildman–Crippen MR) is 110 cm³/mol. The Bertz CT molecular complexity index is 762. The molecule has 2 aromatic carbocycles. The number of amides is 1. The summed E-state index contributed by atoms with van der Waals surface area (Å²) in [6.07, 6.45) is 0. The van der Waals surface area contributed by atoms with Gasteiger partial charge >= 0.3 is 0 Å². The van der Waals surface area contributed by atoms with Gasteiger partial charge in [0, 0.05) is 34.7 Å². The SMILES string of the molecule is CC.CN1Cc2c(Cl)cc(Cl)cc2C(c2ccc(NC(=O)CN)cc2)C1. The third kappa shape index (κ3) is 4.77. The van der Waals surface area contributed by atoms with Crippen LogP contribution in [0.25, 0.3) is 0 Å². The number of hydrogen-bond donors (Lipinski definition) is 2. The van der Waals surface area contributed by atoms with Crippen LogP contribution < -0.4 is 11.1 Å². The molecule has 4 nitrogen and oxygen atoms in total. The van der Waals surface area contributed by atoms with E-state index in [2.05, 4.69) is 17.3 Å². The Kier molecular flexibility index (Phi) is 7.47. The zero-order valence-electron chi connectivity index (χ0n) is 15.4. The zero-order chi connectivity index (χ0) is 19.3. The topological polar surface area (TPSA) is 58.4 Å². The Hall–Kier alpha value is -1.59. The lowest BCUT2D eigenvalue weighted by atomic mass is 9.84. The van der Waals surface area contributed by atoms with Crippen molar-refractivity contribution in [2.24, 2.45) is 5.73 Å². The molecule has 0 radical (unpaired) electrons. The molecule has 1 heterocycles. The molecule has 2 aromatic rings. The molecule has 1 unspecified atom stereocenters. The summed E-state index contributed by atoms with van der Waals surface area (Å²) in [7, 11) is 2.08. The molecule has 140 valence electrons. The van der Waals surface area contributed by atoms with Crippen molar-refractivity contribution in [2.45, 2.75) is 26.3 Å². The maximum atomic E-state index is 11.4. The summed E-state index contributed by atoms with van der Waals surface area (Å²) >= 11 is 12.6. The summed E-state index contributed by atoms with van der Waals surface area (Å²) in [5.41, 5.74) is 9.51. The van der Waals surface area contributed by atoms with Crippen molar-refractivity contribution in [1.29, 1.82) is 0 Å². The molecule has 0 saturated heterocycles. The quantitative estimate of drug-likeness (QED) is 0.806. The van der Waals surface area contributed by atoms with Crippen LogP contribution in [0.4, 0.5) is 5.69 Å². The maximum Gasteiger partial charge on any atom is 0.238 e. The number of likely N-dealkylation sites (N-methyl/N-ethyl adjacent to an activating group) is 1. The van der Waals surface area contributed by atoms with Gasteiger partial charge in [0.15, 0.2) is 0 Å². The fraction of sp³-hybridized carbons (Fsp3) is 0.350. The molecule has 0 aliphatic carbocycles. The monoisotopic (exact) mass is 393 g/mol. The molecular formula is C20H25Cl2N3O. The molecular weight excluding hydrogens is 369 g/mol. The molecule has 1 amide bonds. The van der Waals surface area contributed by atoms with Gasteiger partial charge in [0.2, 0.25) is 5.91 Å². The first-order chi connectivity index (χ1) is 12.5. The smallest absolute Gasteiger partial charge is 0.238 e. The van der Waals surface area contributed by atoms with E-state index in [1.165, 1.54) is 5.56 Å². The van der Waals surface area contributed by atoms with E-state index in [0.717, 1.165) is 29.9 Å². The molecule has 26 heavy (non-hydrogen) atoms. The number of anilines is 1. The number of fused-ring (bicyclic) bond motifs is 1. The number of carbonyl (C=O) groups excluding carboxylic acids is 1. The van der Waals surface area contributed by atoms with E-state index in [9.17, 15) is 4.79 Å². The second kappa shape index (κ2) is 9.38. The van der Waals surface area contributed by atoms with Gasteiger partial charge in [-0.25, -0.2) is 0 Å². The van der Waals surface area contributed by atoms with Crippen LogP contribution in [-0.2, 0) is 11.3 Å². The largest absolute Gasteiger partial charge is 0.325 e. The van der Waals surface area contributed by atoms with Gasteiger partial charge in [-0.3, -0.25) is 4.79 Å². The van der Waals surface area contributed by atoms with Crippen LogP contribution in [0.3, 0.4) is 0 Å². The Morgan fingerprint density at radius 1 is 1.23 bits per heavy atom. The minimum atomic E-state index is -0.205. The van der Waals surface area contributed by atoms with E-state index >= 15 is 0 Å². The van der Waals surface area contributed by atoms with Crippen LogP contribution in [0.5, 0.6) is 0 Å². The number of halogens is 2. The Morgan fingerprint density at radius 2 is 1.88 bits per heavy atom. The summed E-state index contributed by atoms with van der Waals surface area (Å²) in [5, 5.41) is 4.11. The third-order valence-corrected chi connectivity index (χ3v) is 4.83. The molecule has 1 aliphatic heterocycles. The minimum absolute atomic E-state index is 0.0282. The van der Waals surface area contributed by atoms with Gasteiger partial charge in [0.1, 0.15) is 0 Å². The van der Waals surface area contributed by atoms with Crippen LogP contribution in [0.1, 0.15) is 36.5 Å². The summed E-state index contributed by atoms with van der Waals surface area (Å²) in [4.78, 5) is 13.6. The van der Waals surface area contributed by atoms with Crippen molar-refractivity contribution < 1.29 is 4.79 Å². The highest BCUT2D eigenvalue weighted by Gasteiger charge is 2.27. The Labute approximate surface area is 165 Å². The predicted octanol–water partition coefficient (Wildman–Crippen LogP) is 4.49. The number of hydrogen-bond acceptors (Lipinski definition) is 3. The first-order valence-electron chi connectivity index (χ1n) is 8.74. The highest BCUT2D eigenvalue weighted by molar-refractivity contribution is 6.35. The fourth-order valence-electron chi connectivity index (χ4n) is 3.14. The average molecular weight is 394 g/mol. The van der Waals surface area contributed by atoms with Crippen LogP contribution >= 0.6 is 23.2 Å². The van der Waals surface area contributed by atoms with E-state index in [1.54, 1.807) is 6.07 Å². The van der Waals surface area contributed by atoms with E-state index in [1.807, 2.05) is 44.2 Å². The van der Waals surface area contributed by atoms with E-state index in [-0.39, 0.29) is 18.4 Å². The van der Waals surface area contributed by atoms with Crippen molar-refractivity contribution in [3.05, 3.63) is 63.1 Å². The highest BCUT2D eigenvalue weighted by Crippen LogP contribution is 2.38. The molecule has 0 spiro atoms. The van der Waals surface area contributed by atoms with E-state index in [4.69, 9.17) is 28.9 Å². The lowest BCUT2D eigenvalue weighted by Crippen LogP contribution is -2.31. The van der Waals surface area contributed by atoms with Crippen molar-refractivity contribution >= 4 is 34.8 Å². The lowest BCUT2D eigenvalue weighted by molar-refractivity contribution is -0.114. The number of nitrogens with two attached hydrogens (primary N) is 1. The molecule has 0 fully saturated rings. The molecule has 0 bridgehead atoms. The summed E-state index contributed by atoms with van der Waals surface area (Å²) in [5.74, 6) is -0.0155. The number of carbonyl (C=O) groups is 1. The second-order valence-corrected chi connectivity index (χ2v) is 6.92. The van der Waals surface area contributed by atoms with Crippen molar-refractivity contribution in [3.63, 3.8) is 0 Å². The van der Waals surface area contributed by atoms with Gasteiger partial charge < -0.3 is 16.0 Å². The number of nitrogens with one attached hydrogen (secondary N) is 1. The lowest BCUT2D eigenvalue weighted by Gasteiger charge is -2.33. The Balaban J connectivity index is 0.00000117. The summed E-state index contributed by atoms with van der Waals surface area (Å²) < 4.78 is 0. The number of rotatable bonds is 3. The highest BCUT2D eigenvalue weighted by atomic mass is 35.5. The molecule has 3 N–H and O–H groups in total. The molecule has 0 aromatic heterocycles. The maximum absolute atomic E-state index is 11.4. The normalized spacial score (nSPS) is 16.3. The summed E-state index contributed by atoms with van der Waals surface area (Å²) in [6.45, 7) is 5.67. The number of benzene rings is 2. The van der Waals surface area contributed by atoms with Gasteiger partial charge in [-0.1, -0.05) is 49.2 Å². The Morgan fingerprint density at radius 3 is 2.50 bits per heavy atom. The third-order valence-electron chi connectivity index (χ3n) is 4.27. The van der Waals surface area contributed by atoms with Crippen LogP contribution in [0, 0.1) is 0 Å². The molecule has 1 atom stereocenters. The average Bonchev–Trinajstić information content (AvgIpc) is 2.64. The van der Waals surface area contributed by atoms with Gasteiger partial charge in [-0.15, -0.1) is 0 Å². The fourth-order valence-corrected chi connectivity index (χ4v) is 3.71. The first kappa shape index (κ1) is 20.7. The minimum Gasteiger partial charge on any atom is -0.325 e. The second-order valence-electron chi connectivity index (χ2n) is 6.08. The van der Waals surface area contributed by atoms with Gasteiger partial charge in [0.25, 0.3) is 0 Å². The van der Waals surface area contributed by atoms with E-state index < -0.39 is 0 Å². The van der Waals surface area contributed by atoms with Crippen molar-refractivity contribution in [3.8, 4) is 0 Å². The zero-order valence-corrected chi connectivity index (χ0v) is 16.9. The van der Waals surface area contributed by atoms with Crippen LogP contribution in [0.2, 0.25) is 10.0 Å². The molecule has 1 aliphatic rings. The standard InChI is InChI=1S/C18H19Cl2N3O.C2H6/c1-23-9-15(14-6-12(19)7-17(20)16(14)10-23)11-2-4-13(5-3-11)22-18(24)8-21;1-2/h2-7,15H,8-10,21H2,1H3,(H,22,24);1-2H3. The van der Waals surface area contributed by atoms with Gasteiger partial charge in [-0.05, 0) is 48.0 Å². The number of nitrogens with zero attached hydrogens (tertiary/aromatic N) is 1. The molecule has 6 heteroatoms. The van der Waals surface area contributed by atoms with Crippen LogP contribution in [0.15, 0.2) is 36.4 Å². The van der Waals surface area contributed by atoms with Gasteiger partial charge in [0.05, 0.1) is 6.54 Å². The van der Waals surface area contributed by atoms with Crippen molar-refractivity contribution in [2.75, 3.05) is 25.5 Å². The van der Waals surface area contributed by atoms with Gasteiger partial charge in [-0.2, -0.15) is 0 Å². The first-order valence-corrected chi connectivity index (χ1v) is 9.49. The van der Waals surface area contributed by atoms with E-state index in [0.29, 0.717) is 10.0 Å². The summed E-state index contributed by atoms with van der Waals surface area (Å²) in [6, 6.07) is 11.6. The molecule has 0 saturated carbocycles. The van der Waals surface area contributed by atoms with Crippen molar-refractivity contribution in [1.82, 2.24) is 4.90 Å². The molecule has 3 rings (SSSR count). The van der Waals surface area contributed by atoms with Crippen LogP contribution in [-0.4, -0.2) is 30.9 Å².